The number of rotatable bonds is 5. The Morgan fingerprint density at radius 2 is 1.72 bits per heavy atom. The van der Waals surface area contributed by atoms with Gasteiger partial charge in [0, 0.05) is 0 Å². The zero-order valence-corrected chi connectivity index (χ0v) is 10.8. The molecule has 0 bridgehead atoms. The van der Waals surface area contributed by atoms with E-state index in [1.807, 2.05) is 0 Å². The van der Waals surface area contributed by atoms with Crippen molar-refractivity contribution in [2.45, 2.75) is 0 Å². The summed E-state index contributed by atoms with van der Waals surface area (Å²) in [4.78, 5) is 0. The van der Waals surface area contributed by atoms with E-state index in [1.165, 1.54) is 38.5 Å². The Morgan fingerprint density at radius 3 is 2.11 bits per heavy atom. The molecule has 6 nitrogen and oxygen atoms in total. The van der Waals surface area contributed by atoms with Gasteiger partial charge in [-0.25, -0.2) is 0 Å². The maximum atomic E-state index is 10.5. The molecule has 0 saturated carbocycles. The van der Waals surface area contributed by atoms with Crippen LogP contribution in [0.15, 0.2) is 18.2 Å². The monoisotopic (exact) mass is 274 g/mol. The minimum atomic E-state index is -4.03. The van der Waals surface area contributed by atoms with Gasteiger partial charge in [0.2, 0.25) is 5.75 Å². The van der Waals surface area contributed by atoms with Crippen molar-refractivity contribution in [2.24, 2.45) is 0 Å². The predicted octanol–water partition coefficient (Wildman–Crippen LogP) is 1.31. The van der Waals surface area contributed by atoms with Crippen LogP contribution in [0.4, 0.5) is 0 Å². The van der Waals surface area contributed by atoms with Crippen LogP contribution in [0.3, 0.4) is 0 Å². The summed E-state index contributed by atoms with van der Waals surface area (Å²) < 4.78 is 39.5. The van der Waals surface area contributed by atoms with E-state index in [0.717, 1.165) is 0 Å². The van der Waals surface area contributed by atoms with Crippen LogP contribution in [0, 0.1) is 0 Å². The van der Waals surface area contributed by atoms with Crippen molar-refractivity contribution in [1.82, 2.24) is 0 Å². The Hall–Kier alpha value is -1.73. The highest BCUT2D eigenvalue weighted by Gasteiger charge is 2.10. The molecule has 0 saturated heterocycles. The second-order valence-corrected chi connectivity index (χ2v) is 4.92. The van der Waals surface area contributed by atoms with Gasteiger partial charge in [0.25, 0.3) is 10.1 Å². The Labute approximate surface area is 105 Å². The molecule has 0 aliphatic rings. The summed E-state index contributed by atoms with van der Waals surface area (Å²) in [6, 6.07) is 3.02. The Kier molecular flexibility index (Phi) is 4.57. The summed E-state index contributed by atoms with van der Waals surface area (Å²) in [5.41, 5.74) is 0.574. The van der Waals surface area contributed by atoms with Gasteiger partial charge < -0.3 is 14.6 Å². The number of ether oxygens (including phenoxy) is 2. The molecule has 1 aromatic rings. The van der Waals surface area contributed by atoms with Gasteiger partial charge >= 0.3 is 0 Å². The third kappa shape index (κ3) is 3.94. The van der Waals surface area contributed by atoms with E-state index in [1.54, 1.807) is 0 Å². The quantitative estimate of drug-likeness (QED) is 0.786. The van der Waals surface area contributed by atoms with Gasteiger partial charge in [-0.2, -0.15) is 8.42 Å². The molecule has 0 atom stereocenters. The highest BCUT2D eigenvalue weighted by Crippen LogP contribution is 2.37. The molecule has 18 heavy (non-hydrogen) atoms. The van der Waals surface area contributed by atoms with E-state index in [4.69, 9.17) is 14.0 Å². The molecular formula is C11H14O6S. The first-order valence-electron chi connectivity index (χ1n) is 4.94. The van der Waals surface area contributed by atoms with Crippen molar-refractivity contribution in [2.75, 3.05) is 20.0 Å². The highest BCUT2D eigenvalue weighted by molar-refractivity contribution is 7.85. The van der Waals surface area contributed by atoms with E-state index in [0.29, 0.717) is 5.56 Å². The molecular weight excluding hydrogens is 260 g/mol. The third-order valence-electron chi connectivity index (χ3n) is 2.12. The van der Waals surface area contributed by atoms with Crippen LogP contribution in [0.2, 0.25) is 0 Å². The third-order valence-corrected chi connectivity index (χ3v) is 2.73. The lowest BCUT2D eigenvalue weighted by molar-refractivity contribution is 0.340. The molecule has 0 radical (unpaired) electrons. The van der Waals surface area contributed by atoms with Crippen LogP contribution in [0.25, 0.3) is 6.08 Å². The summed E-state index contributed by atoms with van der Waals surface area (Å²) >= 11 is 0. The molecule has 0 unspecified atom stereocenters. The lowest BCUT2D eigenvalue weighted by Gasteiger charge is -2.09. The number of methoxy groups -OCH3 is 2. The smallest absolute Gasteiger partial charge is 0.268 e. The maximum absolute atomic E-state index is 10.5. The van der Waals surface area contributed by atoms with Gasteiger partial charge in [0.15, 0.2) is 11.5 Å². The predicted molar refractivity (Wildman–Crippen MR) is 66.7 cm³/mol. The normalized spacial score (nSPS) is 11.7. The summed E-state index contributed by atoms with van der Waals surface area (Å²) in [7, 11) is -1.25. The molecule has 0 aliphatic carbocycles. The number of phenolic OH excluding ortho intramolecular Hbond substituents is 1. The van der Waals surface area contributed by atoms with Gasteiger partial charge in [-0.3, -0.25) is 4.55 Å². The molecule has 0 fully saturated rings. The summed E-state index contributed by atoms with van der Waals surface area (Å²) in [5.74, 6) is -0.202. The van der Waals surface area contributed by atoms with E-state index in [2.05, 4.69) is 0 Å². The van der Waals surface area contributed by atoms with Gasteiger partial charge in [0.05, 0.1) is 20.0 Å². The van der Waals surface area contributed by atoms with E-state index < -0.39 is 15.9 Å². The summed E-state index contributed by atoms with van der Waals surface area (Å²) in [5, 5.41) is 9.66. The topological polar surface area (TPSA) is 93.1 Å². The number of hydrogen-bond donors (Lipinski definition) is 2. The lowest BCUT2D eigenvalue weighted by atomic mass is 10.1. The minimum Gasteiger partial charge on any atom is -0.502 e. The fourth-order valence-electron chi connectivity index (χ4n) is 1.32. The largest absolute Gasteiger partial charge is 0.502 e. The van der Waals surface area contributed by atoms with Crippen LogP contribution < -0.4 is 9.47 Å². The van der Waals surface area contributed by atoms with Crippen molar-refractivity contribution in [3.63, 3.8) is 0 Å². The maximum Gasteiger partial charge on any atom is 0.268 e. The van der Waals surface area contributed by atoms with Crippen molar-refractivity contribution in [1.29, 1.82) is 0 Å². The van der Waals surface area contributed by atoms with E-state index >= 15 is 0 Å². The second kappa shape index (κ2) is 5.74. The van der Waals surface area contributed by atoms with Crippen molar-refractivity contribution in [3.05, 3.63) is 23.8 Å². The number of aromatic hydroxyl groups is 1. The molecule has 0 aliphatic heterocycles. The first kappa shape index (κ1) is 14.3. The summed E-state index contributed by atoms with van der Waals surface area (Å²) in [6.45, 7) is 0. The van der Waals surface area contributed by atoms with Gasteiger partial charge in [-0.05, 0) is 17.7 Å². The first-order valence-corrected chi connectivity index (χ1v) is 6.55. The van der Waals surface area contributed by atoms with Gasteiger partial charge in [-0.15, -0.1) is 0 Å². The second-order valence-electron chi connectivity index (χ2n) is 3.42. The summed E-state index contributed by atoms with van der Waals surface area (Å²) in [6.07, 6.45) is 2.75. The van der Waals surface area contributed by atoms with Gasteiger partial charge in [0.1, 0.15) is 0 Å². The molecule has 2 N–H and O–H groups in total. The molecule has 1 aromatic carbocycles. The fraction of sp³-hybridized carbons (Fsp3) is 0.273. The zero-order valence-electron chi connectivity index (χ0n) is 9.95. The van der Waals surface area contributed by atoms with Crippen LogP contribution in [-0.4, -0.2) is 38.0 Å². The Morgan fingerprint density at radius 1 is 1.22 bits per heavy atom. The minimum absolute atomic E-state index is 0.132. The Bertz CT molecular complexity index is 522. The van der Waals surface area contributed by atoms with Crippen LogP contribution >= 0.6 is 0 Å². The van der Waals surface area contributed by atoms with E-state index in [-0.39, 0.29) is 17.2 Å². The van der Waals surface area contributed by atoms with Gasteiger partial charge in [-0.1, -0.05) is 12.2 Å². The molecule has 7 heteroatoms. The molecule has 1 rings (SSSR count). The first-order chi connectivity index (χ1) is 8.37. The average molecular weight is 274 g/mol. The molecule has 0 spiro atoms. The van der Waals surface area contributed by atoms with Crippen LogP contribution in [0.1, 0.15) is 5.56 Å². The van der Waals surface area contributed by atoms with Crippen molar-refractivity contribution >= 4 is 16.2 Å². The SMILES string of the molecule is COc1cc(C=CCS(=O)(=O)O)cc(OC)c1O. The molecule has 100 valence electrons. The Balaban J connectivity index is 3.03. The van der Waals surface area contributed by atoms with Crippen molar-refractivity contribution < 1.29 is 27.6 Å². The van der Waals surface area contributed by atoms with E-state index in [9.17, 15) is 13.5 Å². The zero-order chi connectivity index (χ0) is 13.8. The molecule has 0 amide bonds. The molecule has 0 heterocycles. The average Bonchev–Trinajstić information content (AvgIpc) is 2.29. The molecule has 0 aromatic heterocycles. The van der Waals surface area contributed by atoms with Crippen LogP contribution in [-0.2, 0) is 10.1 Å². The number of hydrogen-bond acceptors (Lipinski definition) is 5. The van der Waals surface area contributed by atoms with Crippen molar-refractivity contribution in [3.8, 4) is 17.2 Å². The number of benzene rings is 1. The fourth-order valence-corrected chi connectivity index (χ4v) is 1.66. The standard InChI is InChI=1S/C11H14O6S/c1-16-9-6-8(4-3-5-18(13,14)15)7-10(17-2)11(9)12/h3-4,6-7,12H,5H2,1-2H3,(H,13,14,15). The lowest BCUT2D eigenvalue weighted by Crippen LogP contribution is -2.00. The van der Waals surface area contributed by atoms with Crippen LogP contribution in [0.5, 0.6) is 17.2 Å². The highest BCUT2D eigenvalue weighted by atomic mass is 32.2. The number of phenols is 1.